The molecule has 0 bridgehead atoms. The average Bonchev–Trinajstić information content (AvgIpc) is 3.21. The quantitative estimate of drug-likeness (QED) is 0.328. The molecule has 194 valence electrons. The van der Waals surface area contributed by atoms with Crippen molar-refractivity contribution in [3.05, 3.63) is 74.6 Å². The van der Waals surface area contributed by atoms with Gasteiger partial charge in [0.2, 0.25) is 0 Å². The number of anilines is 2. The molecular weight excluding hydrogens is 512 g/mol. The Kier molecular flexibility index (Phi) is 8.51. The molecule has 2 amide bonds. The number of hydrogen-bond acceptors (Lipinski definition) is 6. The first-order valence-electron chi connectivity index (χ1n) is 12.2. The van der Waals surface area contributed by atoms with E-state index in [0.717, 1.165) is 35.3 Å². The average molecular weight is 541 g/mol. The number of esters is 1. The lowest BCUT2D eigenvalue weighted by atomic mass is 9.88. The summed E-state index contributed by atoms with van der Waals surface area (Å²) in [4.78, 5) is 39.0. The molecule has 37 heavy (non-hydrogen) atoms. The lowest BCUT2D eigenvalue weighted by molar-refractivity contribution is -0.118. The summed E-state index contributed by atoms with van der Waals surface area (Å²) in [7, 11) is 0. The first kappa shape index (κ1) is 26.7. The highest BCUT2D eigenvalue weighted by atomic mass is 35.5. The number of benzene rings is 2. The van der Waals surface area contributed by atoms with Crippen molar-refractivity contribution < 1.29 is 23.9 Å². The molecule has 7 nitrogen and oxygen atoms in total. The zero-order chi connectivity index (χ0) is 26.5. The predicted molar refractivity (Wildman–Crippen MR) is 146 cm³/mol. The molecule has 2 N–H and O–H groups in total. The molecule has 1 aromatic heterocycles. The second kappa shape index (κ2) is 11.8. The molecule has 0 saturated carbocycles. The van der Waals surface area contributed by atoms with Gasteiger partial charge in [-0.25, -0.2) is 4.79 Å². The number of carbonyl (C=O) groups is 3. The maximum absolute atomic E-state index is 12.7. The van der Waals surface area contributed by atoms with Crippen LogP contribution in [0.15, 0.2) is 42.5 Å². The van der Waals surface area contributed by atoms with Crippen LogP contribution >= 0.6 is 22.9 Å². The molecule has 0 aliphatic heterocycles. The van der Waals surface area contributed by atoms with Crippen LogP contribution in [0.2, 0.25) is 5.02 Å². The molecule has 4 rings (SSSR count). The van der Waals surface area contributed by atoms with Gasteiger partial charge in [0.05, 0.1) is 12.2 Å². The van der Waals surface area contributed by atoms with E-state index in [1.54, 1.807) is 49.4 Å². The second-order valence-corrected chi connectivity index (χ2v) is 10.6. The maximum Gasteiger partial charge on any atom is 0.341 e. The van der Waals surface area contributed by atoms with Gasteiger partial charge in [-0.1, -0.05) is 18.5 Å². The van der Waals surface area contributed by atoms with Crippen LogP contribution in [-0.4, -0.2) is 31.0 Å². The van der Waals surface area contributed by atoms with Crippen LogP contribution in [0.1, 0.15) is 57.0 Å². The summed E-state index contributed by atoms with van der Waals surface area (Å²) in [6, 6.07) is 11.8. The summed E-state index contributed by atoms with van der Waals surface area (Å²) in [6.45, 7) is 5.84. The normalized spacial score (nSPS) is 14.4. The van der Waals surface area contributed by atoms with Gasteiger partial charge in [0.25, 0.3) is 11.8 Å². The standard InChI is InChI=1S/C28H29ClN2O5S/c1-4-35-28(34)25-21-11-5-16(2)13-23(21)37-27(25)31-24(32)15-36-20-9-6-18(7-10-20)26(33)30-22-12-8-19(29)14-17(22)3/h6-10,12,14,16H,4-5,11,13,15H2,1-3H3,(H,30,33)(H,31,32). The maximum atomic E-state index is 12.7. The van der Waals surface area contributed by atoms with E-state index in [1.165, 1.54) is 11.3 Å². The third kappa shape index (κ3) is 6.50. The number of carbonyl (C=O) groups excluding carboxylic acids is 3. The van der Waals surface area contributed by atoms with E-state index in [-0.39, 0.29) is 25.0 Å². The van der Waals surface area contributed by atoms with Crippen LogP contribution in [0, 0.1) is 12.8 Å². The highest BCUT2D eigenvalue weighted by Crippen LogP contribution is 2.40. The van der Waals surface area contributed by atoms with Gasteiger partial charge in [-0.05, 0) is 92.6 Å². The molecule has 1 atom stereocenters. The lowest BCUT2D eigenvalue weighted by Gasteiger charge is -2.18. The first-order chi connectivity index (χ1) is 17.7. The van der Waals surface area contributed by atoms with Gasteiger partial charge in [0.15, 0.2) is 6.61 Å². The molecule has 1 aliphatic carbocycles. The monoisotopic (exact) mass is 540 g/mol. The van der Waals surface area contributed by atoms with Gasteiger partial charge in [0, 0.05) is 21.2 Å². The van der Waals surface area contributed by atoms with E-state index >= 15 is 0 Å². The van der Waals surface area contributed by atoms with Crippen molar-refractivity contribution in [2.75, 3.05) is 23.8 Å². The summed E-state index contributed by atoms with van der Waals surface area (Å²) in [5, 5.41) is 6.81. The second-order valence-electron chi connectivity index (χ2n) is 9.05. The Hall–Kier alpha value is -3.36. The molecule has 9 heteroatoms. The number of nitrogens with one attached hydrogen (secondary N) is 2. The summed E-state index contributed by atoms with van der Waals surface area (Å²) < 4.78 is 10.9. The van der Waals surface area contributed by atoms with Crippen LogP contribution in [0.4, 0.5) is 10.7 Å². The van der Waals surface area contributed by atoms with E-state index in [2.05, 4.69) is 17.6 Å². The zero-order valence-electron chi connectivity index (χ0n) is 21.0. The van der Waals surface area contributed by atoms with Crippen molar-refractivity contribution in [2.24, 2.45) is 5.92 Å². The Bertz CT molecular complexity index is 1320. The molecule has 0 fully saturated rings. The van der Waals surface area contributed by atoms with E-state index in [4.69, 9.17) is 21.1 Å². The fraction of sp³-hybridized carbons (Fsp3) is 0.321. The van der Waals surface area contributed by atoms with Crippen LogP contribution in [0.25, 0.3) is 0 Å². The van der Waals surface area contributed by atoms with Gasteiger partial charge in [-0.15, -0.1) is 11.3 Å². The van der Waals surface area contributed by atoms with E-state index < -0.39 is 5.97 Å². The Labute approximate surface area is 225 Å². The molecule has 1 aliphatic rings. The number of halogens is 1. The largest absolute Gasteiger partial charge is 0.484 e. The Morgan fingerprint density at radius 2 is 1.86 bits per heavy atom. The van der Waals surface area contributed by atoms with E-state index in [9.17, 15) is 14.4 Å². The van der Waals surface area contributed by atoms with Crippen molar-refractivity contribution in [1.29, 1.82) is 0 Å². The fourth-order valence-electron chi connectivity index (χ4n) is 4.23. The predicted octanol–water partition coefficient (Wildman–Crippen LogP) is 6.28. The zero-order valence-corrected chi connectivity index (χ0v) is 22.6. The summed E-state index contributed by atoms with van der Waals surface area (Å²) in [6.07, 6.45) is 2.68. The topological polar surface area (TPSA) is 93.7 Å². The van der Waals surface area contributed by atoms with Crippen LogP contribution in [0.5, 0.6) is 5.75 Å². The Morgan fingerprint density at radius 1 is 1.11 bits per heavy atom. The van der Waals surface area contributed by atoms with Crippen molar-refractivity contribution in [3.63, 3.8) is 0 Å². The molecule has 0 radical (unpaired) electrons. The van der Waals surface area contributed by atoms with Crippen molar-refractivity contribution >= 4 is 51.4 Å². The van der Waals surface area contributed by atoms with Crippen LogP contribution < -0.4 is 15.4 Å². The number of rotatable bonds is 8. The minimum atomic E-state index is -0.409. The van der Waals surface area contributed by atoms with Gasteiger partial charge in [0.1, 0.15) is 10.8 Å². The van der Waals surface area contributed by atoms with Gasteiger partial charge in [-0.3, -0.25) is 9.59 Å². The molecule has 1 heterocycles. The van der Waals surface area contributed by atoms with Crippen molar-refractivity contribution in [3.8, 4) is 5.75 Å². The highest BCUT2D eigenvalue weighted by molar-refractivity contribution is 7.17. The third-order valence-corrected chi connectivity index (χ3v) is 7.57. The van der Waals surface area contributed by atoms with Gasteiger partial charge in [-0.2, -0.15) is 0 Å². The number of ether oxygens (including phenoxy) is 2. The van der Waals surface area contributed by atoms with E-state index in [0.29, 0.717) is 38.5 Å². The third-order valence-electron chi connectivity index (χ3n) is 6.17. The smallest absolute Gasteiger partial charge is 0.341 e. The van der Waals surface area contributed by atoms with Gasteiger partial charge < -0.3 is 20.1 Å². The SMILES string of the molecule is CCOC(=O)c1c(NC(=O)COc2ccc(C(=O)Nc3ccc(Cl)cc3C)cc2)sc2c1CCC(C)C2. The summed E-state index contributed by atoms with van der Waals surface area (Å²) in [5.41, 5.74) is 3.44. The molecule has 2 aromatic carbocycles. The fourth-order valence-corrected chi connectivity index (χ4v) is 5.88. The molecule has 1 unspecified atom stereocenters. The highest BCUT2D eigenvalue weighted by Gasteiger charge is 2.29. The number of thiophene rings is 1. The Balaban J connectivity index is 1.37. The Morgan fingerprint density at radius 3 is 2.57 bits per heavy atom. The molecule has 0 spiro atoms. The molecule has 3 aromatic rings. The van der Waals surface area contributed by atoms with Crippen molar-refractivity contribution in [2.45, 2.75) is 40.0 Å². The number of hydrogen-bond donors (Lipinski definition) is 2. The number of aryl methyl sites for hydroxylation is 1. The first-order valence-corrected chi connectivity index (χ1v) is 13.4. The summed E-state index contributed by atoms with van der Waals surface area (Å²) in [5.74, 6) is -0.0736. The van der Waals surface area contributed by atoms with Gasteiger partial charge >= 0.3 is 5.97 Å². The van der Waals surface area contributed by atoms with Crippen LogP contribution in [0.3, 0.4) is 0 Å². The van der Waals surface area contributed by atoms with Crippen molar-refractivity contribution in [1.82, 2.24) is 0 Å². The number of amides is 2. The number of fused-ring (bicyclic) bond motifs is 1. The summed E-state index contributed by atoms with van der Waals surface area (Å²) >= 11 is 7.41. The molecular formula is C28H29ClN2O5S. The minimum absolute atomic E-state index is 0.239. The lowest BCUT2D eigenvalue weighted by Crippen LogP contribution is -2.21. The minimum Gasteiger partial charge on any atom is -0.484 e. The van der Waals surface area contributed by atoms with Crippen LogP contribution in [-0.2, 0) is 22.4 Å². The molecule has 0 saturated heterocycles. The van der Waals surface area contributed by atoms with E-state index in [1.807, 2.05) is 6.92 Å².